The Morgan fingerprint density at radius 1 is 0.229 bits per heavy atom. The Hall–Kier alpha value is 3.12. The average Bonchev–Trinajstić information content (AvgIpc) is 2.88. The van der Waals surface area contributed by atoms with Gasteiger partial charge in [-0.3, -0.25) is 0 Å². The van der Waals surface area contributed by atoms with Crippen LogP contribution in [0.25, 0.3) is 0 Å². The van der Waals surface area contributed by atoms with Crippen molar-refractivity contribution in [1.29, 1.82) is 0 Å². The van der Waals surface area contributed by atoms with E-state index in [1.807, 2.05) is 0 Å². The normalized spacial score (nSPS) is 9.58. The van der Waals surface area contributed by atoms with E-state index in [1.165, 1.54) is 14.1 Å². The molecule has 0 unspecified atom stereocenters. The van der Waals surface area contributed by atoms with Gasteiger partial charge in [-0.2, -0.15) is 0 Å². The quantitative estimate of drug-likeness (QED) is 0.107. The Morgan fingerprint density at radius 3 is 0.583 bits per heavy atom. The summed E-state index contributed by atoms with van der Waals surface area (Å²) >= 11 is 0. The minimum atomic E-state index is 0.686. The largest absolute Gasteiger partial charge is 0.0594 e. The fourth-order valence-electron chi connectivity index (χ4n) is 13.3. The summed E-state index contributed by atoms with van der Waals surface area (Å²) in [6.07, 6.45) is 15.7. The van der Waals surface area contributed by atoms with E-state index in [2.05, 4.69) is 186 Å². The molecule has 0 saturated carbocycles. The predicted molar refractivity (Wildman–Crippen MR) is 346 cm³/mol. The molecule has 0 N–H and O–H groups in total. The highest BCUT2D eigenvalue weighted by molar-refractivity contribution is 8.30. The highest BCUT2D eigenvalue weighted by Gasteiger charge is 2.56. The van der Waals surface area contributed by atoms with Gasteiger partial charge < -0.3 is 0 Å². The lowest BCUT2D eigenvalue weighted by atomic mass is 8.29. The summed E-state index contributed by atoms with van der Waals surface area (Å²) < 4.78 is 0. The van der Waals surface area contributed by atoms with Crippen molar-refractivity contribution in [3.63, 3.8) is 0 Å². The van der Waals surface area contributed by atoms with E-state index in [4.69, 9.17) is 0 Å². The van der Waals surface area contributed by atoms with Crippen LogP contribution in [0.1, 0.15) is 0 Å². The lowest BCUT2D eigenvalue weighted by Gasteiger charge is -2.51. The Bertz CT molecular complexity index is 682. The molecule has 0 aromatic heterocycles. The molecule has 0 aromatic carbocycles. The van der Waals surface area contributed by atoms with Crippen LogP contribution in [0.15, 0.2) is 0 Å². The van der Waals surface area contributed by atoms with Crippen molar-refractivity contribution in [3.05, 3.63) is 0 Å². The molecule has 0 atom stereocenters. The van der Waals surface area contributed by atoms with Gasteiger partial charge in [0, 0.05) is 155 Å². The third kappa shape index (κ3) is 14.3. The molecule has 0 heterocycles. The topological polar surface area (TPSA) is 0 Å². The Morgan fingerprint density at radius 2 is 0.417 bits per heavy atom. The first-order valence-corrected chi connectivity index (χ1v) is 21.9. The average molecular weight is 569 g/mol. The summed E-state index contributed by atoms with van der Waals surface area (Å²) in [5.41, 5.74) is 0. The maximum Gasteiger partial charge on any atom is 0.0594 e. The second-order valence-corrected chi connectivity index (χ2v) is 21.3. The van der Waals surface area contributed by atoms with Gasteiger partial charge in [-0.05, 0) is 0 Å². The van der Waals surface area contributed by atoms with Gasteiger partial charge in [0.2, 0.25) is 0 Å². The summed E-state index contributed by atoms with van der Waals surface area (Å²) in [5, 5.41) is 0. The fourth-order valence-corrected chi connectivity index (χ4v) is 13.3. The molecule has 0 spiro atoms. The van der Waals surface area contributed by atoms with Crippen LogP contribution >= 0.6 is 0 Å². The first-order chi connectivity index (χ1) is 21.9. The first-order valence-electron chi connectivity index (χ1n) is 21.9. The van der Waals surface area contributed by atoms with E-state index in [0.717, 1.165) is 70.2 Å². The van der Waals surface area contributed by atoms with Crippen LogP contribution in [-0.2, 0) is 0 Å². The minimum absolute atomic E-state index is 0.686. The van der Waals surface area contributed by atoms with E-state index in [9.17, 15) is 0 Å². The zero-order valence-corrected chi connectivity index (χ0v) is 38.1. The second kappa shape index (κ2) is 23.9. The first kappa shape index (κ1) is 51.1. The van der Waals surface area contributed by atoms with Gasteiger partial charge in [0.1, 0.15) is 0 Å². The van der Waals surface area contributed by atoms with Gasteiger partial charge in [0.25, 0.3) is 0 Å². The molecule has 0 aliphatic carbocycles. The SMILES string of the molecule is BBB(B)B(B(B)B)B(BB(B(B(B(B)B)B(B)B)B(B(B)B)B(B)B)B(B(B(B)B)B(B)B)B(B(B)B)B(B)B)B(B(B)B)B(B)B. The van der Waals surface area contributed by atoms with Gasteiger partial charge in [-0.15, -0.1) is 0 Å². The summed E-state index contributed by atoms with van der Waals surface area (Å²) in [4.78, 5) is 0. The Balaban J connectivity index is 8.76. The molecular formula is H50B48. The standard InChI is InChI=1S/B48H50/c1-25-38(24)46(37(22)23)39(41(27(2)3)28(4)5)26-40(47(42(29(6)7)30(8)9)43(31(10)11)32(12)13)48(44(33(14)15)34(16)17)45(35(18)19)36(20)21/h25-26H,1-24H2. The lowest BCUT2D eigenvalue weighted by molar-refractivity contribution is 3.23. The van der Waals surface area contributed by atoms with Crippen LogP contribution in [0.3, 0.4) is 0 Å². The lowest BCUT2D eigenvalue weighted by Crippen LogP contribution is -2.90. The van der Waals surface area contributed by atoms with Crippen LogP contribution in [0, 0.1) is 0 Å². The molecule has 48 heteroatoms. The van der Waals surface area contributed by atoms with Gasteiger partial charge in [0.15, 0.2) is 0 Å². The van der Waals surface area contributed by atoms with Gasteiger partial charge in [0.05, 0.1) is 186 Å². The number of hydrogen-bond donors (Lipinski definition) is 0. The molecule has 0 nitrogen and oxygen atoms in total. The monoisotopic (exact) mass is 579 g/mol. The molecule has 0 rings (SSSR count). The van der Waals surface area contributed by atoms with Crippen LogP contribution in [0.4, 0.5) is 0 Å². The van der Waals surface area contributed by atoms with E-state index >= 15 is 0 Å². The molecule has 194 valence electrons. The molecule has 0 amide bonds. The molecule has 0 aromatic rings. The molecule has 0 bridgehead atoms. The molecule has 0 aliphatic rings. The van der Waals surface area contributed by atoms with E-state index in [0.29, 0.717) is 70.2 Å². The molecule has 48 heavy (non-hydrogen) atoms. The Labute approximate surface area is 337 Å². The van der Waals surface area contributed by atoms with Crippen molar-refractivity contribution in [2.75, 3.05) is 0 Å². The highest BCUT2D eigenvalue weighted by atomic mass is 13.4. The summed E-state index contributed by atoms with van der Waals surface area (Å²) in [5.74, 6) is 0. The third-order valence-electron chi connectivity index (χ3n) is 14.1. The predicted octanol–water partition coefficient (Wildman–Crippen LogP) is -31.7. The van der Waals surface area contributed by atoms with Crippen LogP contribution in [0.5, 0.6) is 0 Å². The van der Waals surface area contributed by atoms with E-state index in [-0.39, 0.29) is 0 Å². The van der Waals surface area contributed by atoms with Crippen molar-refractivity contribution in [2.45, 2.75) is 0 Å². The highest BCUT2D eigenvalue weighted by Crippen LogP contribution is 2.17. The molecule has 0 radical (unpaired) electrons. The van der Waals surface area contributed by atoms with Crippen LogP contribution < -0.4 is 0 Å². The van der Waals surface area contributed by atoms with Crippen molar-refractivity contribution in [1.82, 2.24) is 0 Å². The van der Waals surface area contributed by atoms with Crippen molar-refractivity contribution >= 4 is 340 Å². The third-order valence-corrected chi connectivity index (χ3v) is 14.1. The smallest absolute Gasteiger partial charge is 0.000611 e. The van der Waals surface area contributed by atoms with Gasteiger partial charge >= 0.3 is 0 Å². The number of rotatable bonds is 23. The zero-order valence-electron chi connectivity index (χ0n) is 38.1. The van der Waals surface area contributed by atoms with Gasteiger partial charge in [-0.1, -0.05) is 0 Å². The molecule has 0 saturated heterocycles. The Kier molecular flexibility index (Phi) is 25.5. The maximum atomic E-state index is 2.62. The van der Waals surface area contributed by atoms with Crippen molar-refractivity contribution < 1.29 is 0 Å². The molecular weight excluding hydrogens is 519 g/mol. The summed E-state index contributed by atoms with van der Waals surface area (Å²) in [7, 11) is 64.7. The fraction of sp³-hybridized carbons (Fsp3) is 0. The molecule has 0 aliphatic heterocycles. The summed E-state index contributed by atoms with van der Waals surface area (Å²) in [6.45, 7) is 0. The zero-order chi connectivity index (χ0) is 38.1. The second-order valence-electron chi connectivity index (χ2n) is 21.3. The van der Waals surface area contributed by atoms with Crippen LogP contribution in [-0.4, -0.2) is 340 Å². The van der Waals surface area contributed by atoms with E-state index < -0.39 is 0 Å². The minimum Gasteiger partial charge on any atom is 0.000611 e. The molecule has 0 fully saturated rings. The summed E-state index contributed by atoms with van der Waals surface area (Å²) in [6, 6.07) is 0. The van der Waals surface area contributed by atoms with Crippen molar-refractivity contribution in [3.8, 4) is 0 Å². The van der Waals surface area contributed by atoms with E-state index in [1.54, 1.807) is 0 Å². The maximum absolute atomic E-state index is 2.62. The van der Waals surface area contributed by atoms with Crippen molar-refractivity contribution in [2.24, 2.45) is 0 Å². The van der Waals surface area contributed by atoms with Crippen LogP contribution in [0.2, 0.25) is 0 Å². The van der Waals surface area contributed by atoms with Gasteiger partial charge in [-0.25, -0.2) is 0 Å². The number of hydrogen-bond acceptors (Lipinski definition) is 0.